The first-order chi connectivity index (χ1) is 18.6. The van der Waals surface area contributed by atoms with Crippen LogP contribution in [-0.2, 0) is 14.2 Å². The van der Waals surface area contributed by atoms with Crippen molar-refractivity contribution in [2.45, 2.75) is 126 Å². The summed E-state index contributed by atoms with van der Waals surface area (Å²) in [7, 11) is 0. The lowest BCUT2D eigenvalue weighted by Crippen LogP contribution is -2.54. The molecular weight excluding hydrogens is 569 g/mol. The average Bonchev–Trinajstić information content (AvgIpc) is 2.80. The first kappa shape index (κ1) is 32.0. The highest BCUT2D eigenvalue weighted by atomic mass is 19.4. The van der Waals surface area contributed by atoms with E-state index in [-0.39, 0.29) is 18.9 Å². The van der Waals surface area contributed by atoms with Crippen molar-refractivity contribution in [3.63, 3.8) is 0 Å². The molecule has 0 bridgehead atoms. The maximum absolute atomic E-state index is 15.2. The highest BCUT2D eigenvalue weighted by Gasteiger charge is 2.59. The Morgan fingerprint density at radius 1 is 0.625 bits per heavy atom. The monoisotopic (exact) mass is 604 g/mol. The molecule has 14 heteroatoms. The SMILES string of the molecule is CC1CCC(C2CC(F)C(C3CC(F)C(C(F)(F)OC4CC(F)C(OC(F)(F)F)C(F)C4)C(F)C3)C(F)C2)OC1. The van der Waals surface area contributed by atoms with Gasteiger partial charge in [-0.1, -0.05) is 6.92 Å². The molecule has 0 radical (unpaired) electrons. The zero-order valence-corrected chi connectivity index (χ0v) is 21.8. The van der Waals surface area contributed by atoms with Gasteiger partial charge in [-0.2, -0.15) is 8.78 Å². The maximum Gasteiger partial charge on any atom is 0.522 e. The summed E-state index contributed by atoms with van der Waals surface area (Å²) < 4.78 is 169. The van der Waals surface area contributed by atoms with Gasteiger partial charge >= 0.3 is 12.5 Å². The van der Waals surface area contributed by atoms with Crippen molar-refractivity contribution >= 4 is 0 Å². The third kappa shape index (κ3) is 7.36. The van der Waals surface area contributed by atoms with Gasteiger partial charge in [0, 0.05) is 25.4 Å². The molecule has 0 spiro atoms. The molecule has 0 aromatic carbocycles. The van der Waals surface area contributed by atoms with Gasteiger partial charge in [0.05, 0.1) is 12.2 Å². The highest BCUT2D eigenvalue weighted by molar-refractivity contribution is 5.00. The number of alkyl halides is 11. The lowest BCUT2D eigenvalue weighted by Gasteiger charge is -2.46. The number of rotatable bonds is 6. The summed E-state index contributed by atoms with van der Waals surface area (Å²) in [6.07, 6.45) is -31.2. The molecule has 8 atom stereocenters. The van der Waals surface area contributed by atoms with Crippen LogP contribution in [0.1, 0.15) is 58.3 Å². The highest BCUT2D eigenvalue weighted by Crippen LogP contribution is 2.50. The van der Waals surface area contributed by atoms with Gasteiger partial charge in [0.2, 0.25) is 0 Å². The van der Waals surface area contributed by atoms with E-state index in [1.807, 2.05) is 6.92 Å². The van der Waals surface area contributed by atoms with Crippen LogP contribution in [0.5, 0.6) is 0 Å². The van der Waals surface area contributed by atoms with Crippen LogP contribution in [-0.4, -0.2) is 74.4 Å². The maximum atomic E-state index is 15.2. The number of hydrogen-bond donors (Lipinski definition) is 0. The third-order valence-electron chi connectivity index (χ3n) is 9.01. The van der Waals surface area contributed by atoms with E-state index in [9.17, 15) is 30.7 Å². The fourth-order valence-corrected chi connectivity index (χ4v) is 7.11. The van der Waals surface area contributed by atoms with Crippen LogP contribution in [0, 0.1) is 29.6 Å². The fourth-order valence-electron chi connectivity index (χ4n) is 7.11. The van der Waals surface area contributed by atoms with E-state index in [1.165, 1.54) is 0 Å². The van der Waals surface area contributed by atoms with E-state index >= 15 is 17.6 Å². The van der Waals surface area contributed by atoms with Crippen LogP contribution in [0.3, 0.4) is 0 Å². The average molecular weight is 605 g/mol. The molecule has 1 aliphatic heterocycles. The van der Waals surface area contributed by atoms with Crippen molar-refractivity contribution in [3.8, 4) is 0 Å². The predicted molar refractivity (Wildman–Crippen MR) is 120 cm³/mol. The Morgan fingerprint density at radius 3 is 1.62 bits per heavy atom. The predicted octanol–water partition coefficient (Wildman–Crippen LogP) is 7.56. The molecule has 1 saturated heterocycles. The molecule has 0 aromatic rings. The van der Waals surface area contributed by atoms with Gasteiger partial charge in [0.25, 0.3) is 0 Å². The van der Waals surface area contributed by atoms with Gasteiger partial charge < -0.3 is 9.47 Å². The molecule has 1 heterocycles. The van der Waals surface area contributed by atoms with E-state index < -0.39 is 111 Å². The second-order valence-corrected chi connectivity index (χ2v) is 12.0. The summed E-state index contributed by atoms with van der Waals surface area (Å²) >= 11 is 0. The second-order valence-electron chi connectivity index (χ2n) is 12.0. The Labute approximate surface area is 225 Å². The fraction of sp³-hybridized carbons (Fsp3) is 1.00. The zero-order valence-electron chi connectivity index (χ0n) is 21.8. The van der Waals surface area contributed by atoms with E-state index in [1.54, 1.807) is 0 Å². The third-order valence-corrected chi connectivity index (χ3v) is 9.01. The van der Waals surface area contributed by atoms with Gasteiger partial charge in [0.15, 0.2) is 0 Å². The Bertz CT molecular complexity index is 788. The van der Waals surface area contributed by atoms with Crippen LogP contribution >= 0.6 is 0 Å². The van der Waals surface area contributed by atoms with Crippen molar-refractivity contribution < 1.29 is 62.5 Å². The molecule has 4 fully saturated rings. The Kier molecular flexibility index (Phi) is 9.91. The van der Waals surface area contributed by atoms with Gasteiger partial charge in [-0.25, -0.2) is 26.3 Å². The molecule has 0 amide bonds. The lowest BCUT2D eigenvalue weighted by atomic mass is 9.65. The molecule has 40 heavy (non-hydrogen) atoms. The molecule has 3 aliphatic carbocycles. The summed E-state index contributed by atoms with van der Waals surface area (Å²) in [5, 5.41) is 0. The largest absolute Gasteiger partial charge is 0.522 e. The van der Waals surface area contributed by atoms with E-state index in [0.717, 1.165) is 6.42 Å². The summed E-state index contributed by atoms with van der Waals surface area (Å²) in [6.45, 7) is 2.48. The normalized spacial score (nSPS) is 47.7. The lowest BCUT2D eigenvalue weighted by molar-refractivity contribution is -0.366. The van der Waals surface area contributed by atoms with E-state index in [0.29, 0.717) is 18.9 Å². The molecule has 4 aliphatic rings. The number of ether oxygens (including phenoxy) is 3. The molecule has 4 rings (SSSR count). The summed E-state index contributed by atoms with van der Waals surface area (Å²) in [4.78, 5) is 0. The van der Waals surface area contributed by atoms with Crippen molar-refractivity contribution in [1.82, 2.24) is 0 Å². The van der Waals surface area contributed by atoms with Crippen LogP contribution in [0.4, 0.5) is 48.3 Å². The zero-order chi connectivity index (χ0) is 29.6. The Hall–Kier alpha value is -0.890. The van der Waals surface area contributed by atoms with Crippen molar-refractivity contribution in [1.29, 1.82) is 0 Å². The van der Waals surface area contributed by atoms with Crippen molar-refractivity contribution in [2.75, 3.05) is 6.61 Å². The first-order valence-electron chi connectivity index (χ1n) is 13.8. The molecular formula is C26H35F11O3. The van der Waals surface area contributed by atoms with Crippen molar-refractivity contribution in [2.24, 2.45) is 29.6 Å². The number of halogens is 11. The first-order valence-corrected chi connectivity index (χ1v) is 13.8. The van der Waals surface area contributed by atoms with Crippen LogP contribution < -0.4 is 0 Å². The quantitative estimate of drug-likeness (QED) is 0.293. The second kappa shape index (κ2) is 12.4. The molecule has 0 N–H and O–H groups in total. The molecule has 0 aromatic heterocycles. The minimum Gasteiger partial charge on any atom is -0.378 e. The van der Waals surface area contributed by atoms with Crippen LogP contribution in [0.2, 0.25) is 0 Å². The summed E-state index contributed by atoms with van der Waals surface area (Å²) in [5.41, 5.74) is 0. The standard InChI is InChI=1S/C26H35F11O3/c1-11-2-3-21(38-10-11)12-4-15(27)22(16(28)5-12)13-6-17(29)23(18(30)7-13)25(33,34)39-14-8-19(31)24(20(32)9-14)40-26(35,36)37/h11-24H,2-10H2,1H3. The molecule has 3 saturated carbocycles. The van der Waals surface area contributed by atoms with E-state index in [4.69, 9.17) is 4.74 Å². The van der Waals surface area contributed by atoms with Gasteiger partial charge in [-0.15, -0.1) is 13.2 Å². The Balaban J connectivity index is 1.34. The van der Waals surface area contributed by atoms with Gasteiger partial charge in [-0.3, -0.25) is 4.74 Å². The topological polar surface area (TPSA) is 27.7 Å². The molecule has 3 nitrogen and oxygen atoms in total. The van der Waals surface area contributed by atoms with Crippen molar-refractivity contribution in [3.05, 3.63) is 0 Å². The molecule has 234 valence electrons. The van der Waals surface area contributed by atoms with Gasteiger partial charge in [-0.05, 0) is 56.3 Å². The summed E-state index contributed by atoms with van der Waals surface area (Å²) in [5.74, 6) is -5.36. The molecule has 8 unspecified atom stereocenters. The van der Waals surface area contributed by atoms with Crippen LogP contribution in [0.15, 0.2) is 0 Å². The minimum absolute atomic E-state index is 0.0627. The minimum atomic E-state index is -5.36. The number of hydrogen-bond acceptors (Lipinski definition) is 3. The summed E-state index contributed by atoms with van der Waals surface area (Å²) in [6, 6.07) is 0. The van der Waals surface area contributed by atoms with Crippen LogP contribution in [0.25, 0.3) is 0 Å². The van der Waals surface area contributed by atoms with E-state index in [2.05, 4.69) is 9.47 Å². The van der Waals surface area contributed by atoms with Gasteiger partial charge in [0.1, 0.15) is 49.1 Å². The Morgan fingerprint density at radius 2 is 1.15 bits per heavy atom. The smallest absolute Gasteiger partial charge is 0.378 e.